The molecule has 0 amide bonds. The maximum Gasteiger partial charge on any atom is 0.402 e. The van der Waals surface area contributed by atoms with Crippen molar-refractivity contribution in [2.45, 2.75) is 37.9 Å². The van der Waals surface area contributed by atoms with Crippen molar-refractivity contribution in [1.82, 2.24) is 14.5 Å². The van der Waals surface area contributed by atoms with Crippen molar-refractivity contribution in [2.75, 3.05) is 45.5 Å². The normalized spacial score (nSPS) is 22.5. The summed E-state index contributed by atoms with van der Waals surface area (Å²) < 4.78 is 62.0. The number of sulfonamides is 1. The molecule has 2 saturated heterocycles. The van der Waals surface area contributed by atoms with Gasteiger partial charge in [0.2, 0.25) is 10.0 Å². The molecule has 0 aromatic carbocycles. The highest BCUT2D eigenvalue weighted by molar-refractivity contribution is 7.88. The first-order valence-corrected chi connectivity index (χ1v) is 9.96. The summed E-state index contributed by atoms with van der Waals surface area (Å²) in [6.45, 7) is 2.96. The number of rotatable bonds is 5. The molecule has 2 rings (SSSR count). The first-order valence-electron chi connectivity index (χ1n) is 8.12. The molecule has 0 atom stereocenters. The van der Waals surface area contributed by atoms with Gasteiger partial charge in [-0.2, -0.15) is 17.5 Å². The van der Waals surface area contributed by atoms with Crippen molar-refractivity contribution in [2.24, 2.45) is 5.92 Å². The van der Waals surface area contributed by atoms with Crippen LogP contribution in [0.3, 0.4) is 0 Å². The Labute approximate surface area is 148 Å². The van der Waals surface area contributed by atoms with Crippen molar-refractivity contribution in [3.05, 3.63) is 0 Å². The monoisotopic (exact) mass is 393 g/mol. The van der Waals surface area contributed by atoms with Crippen LogP contribution in [0.2, 0.25) is 0 Å². The molecule has 0 spiro atoms. The molecule has 2 aliphatic rings. The van der Waals surface area contributed by atoms with E-state index in [-0.39, 0.29) is 12.4 Å². The predicted octanol–water partition coefficient (Wildman–Crippen LogP) is 1.70. The first-order chi connectivity index (χ1) is 10.6. The molecule has 24 heavy (non-hydrogen) atoms. The lowest BCUT2D eigenvalue weighted by Crippen LogP contribution is -2.50. The molecule has 0 aliphatic carbocycles. The van der Waals surface area contributed by atoms with Crippen LogP contribution in [0, 0.1) is 5.92 Å². The van der Waals surface area contributed by atoms with Crippen molar-refractivity contribution in [3.8, 4) is 0 Å². The van der Waals surface area contributed by atoms with Crippen LogP contribution >= 0.6 is 12.4 Å². The second-order valence-electron chi connectivity index (χ2n) is 6.65. The van der Waals surface area contributed by atoms with E-state index in [2.05, 4.69) is 10.2 Å². The molecule has 0 bridgehead atoms. The van der Waals surface area contributed by atoms with Gasteiger partial charge in [-0.15, -0.1) is 12.4 Å². The third-order valence-electron chi connectivity index (χ3n) is 4.70. The predicted molar refractivity (Wildman–Crippen MR) is 89.9 cm³/mol. The highest BCUT2D eigenvalue weighted by Gasteiger charge is 2.39. The number of nitrogens with one attached hydrogen (secondary N) is 1. The zero-order valence-electron chi connectivity index (χ0n) is 13.9. The van der Waals surface area contributed by atoms with E-state index in [9.17, 15) is 21.6 Å². The van der Waals surface area contributed by atoms with Gasteiger partial charge in [0.1, 0.15) is 6.54 Å². The maximum absolute atomic E-state index is 12.7. The molecule has 0 radical (unpaired) electrons. The Hall–Kier alpha value is -0.0900. The number of piperidine rings is 2. The maximum atomic E-state index is 12.7. The molecular formula is C14H27ClF3N3O2S. The summed E-state index contributed by atoms with van der Waals surface area (Å²) in [5, 5.41) is 3.31. The van der Waals surface area contributed by atoms with Crippen LogP contribution in [0.1, 0.15) is 25.7 Å². The molecule has 0 aromatic heterocycles. The van der Waals surface area contributed by atoms with E-state index in [1.54, 1.807) is 0 Å². The SMILES string of the molecule is CS(=O)(=O)N(CC(F)(F)F)C1CCN(CC2CCNCC2)CC1.Cl. The van der Waals surface area contributed by atoms with Crippen LogP contribution in [0.5, 0.6) is 0 Å². The Morgan fingerprint density at radius 1 is 1.12 bits per heavy atom. The van der Waals surface area contributed by atoms with E-state index in [1.165, 1.54) is 0 Å². The average Bonchev–Trinajstić information content (AvgIpc) is 2.45. The van der Waals surface area contributed by atoms with Crippen LogP contribution in [-0.2, 0) is 10.0 Å². The summed E-state index contributed by atoms with van der Waals surface area (Å²) in [5.74, 6) is 0.633. The van der Waals surface area contributed by atoms with Crippen LogP contribution in [-0.4, -0.2) is 75.4 Å². The quantitative estimate of drug-likeness (QED) is 0.772. The van der Waals surface area contributed by atoms with Gasteiger partial charge in [-0.3, -0.25) is 0 Å². The molecule has 0 unspecified atom stereocenters. The van der Waals surface area contributed by atoms with E-state index in [1.807, 2.05) is 0 Å². The number of halogens is 4. The second kappa shape index (κ2) is 9.02. The first kappa shape index (κ1) is 22.0. The highest BCUT2D eigenvalue weighted by Crippen LogP contribution is 2.26. The number of likely N-dealkylation sites (tertiary alicyclic amines) is 1. The molecule has 0 saturated carbocycles. The van der Waals surface area contributed by atoms with Crippen LogP contribution in [0.25, 0.3) is 0 Å². The van der Waals surface area contributed by atoms with E-state index in [4.69, 9.17) is 0 Å². The molecule has 2 heterocycles. The summed E-state index contributed by atoms with van der Waals surface area (Å²) >= 11 is 0. The smallest absolute Gasteiger partial charge is 0.317 e. The summed E-state index contributed by atoms with van der Waals surface area (Å²) in [7, 11) is -3.86. The molecule has 1 N–H and O–H groups in total. The Balaban J connectivity index is 0.00000288. The Morgan fingerprint density at radius 3 is 2.12 bits per heavy atom. The largest absolute Gasteiger partial charge is 0.402 e. The minimum atomic E-state index is -4.50. The van der Waals surface area contributed by atoms with E-state index in [0.717, 1.165) is 38.7 Å². The van der Waals surface area contributed by atoms with Crippen molar-refractivity contribution in [3.63, 3.8) is 0 Å². The van der Waals surface area contributed by atoms with Crippen LogP contribution < -0.4 is 5.32 Å². The molecule has 10 heteroatoms. The number of hydrogen-bond donors (Lipinski definition) is 1. The zero-order chi connectivity index (χ0) is 17.1. The Morgan fingerprint density at radius 2 is 1.67 bits per heavy atom. The number of nitrogens with zero attached hydrogens (tertiary/aromatic N) is 2. The molecule has 5 nitrogen and oxygen atoms in total. The van der Waals surface area contributed by atoms with Gasteiger partial charge in [-0.1, -0.05) is 0 Å². The summed E-state index contributed by atoms with van der Waals surface area (Å²) in [6, 6.07) is -0.545. The fourth-order valence-corrected chi connectivity index (χ4v) is 4.65. The Bertz CT molecular complexity index is 476. The van der Waals surface area contributed by atoms with Crippen LogP contribution in [0.15, 0.2) is 0 Å². The van der Waals surface area contributed by atoms with E-state index in [0.29, 0.717) is 36.2 Å². The summed E-state index contributed by atoms with van der Waals surface area (Å²) in [5.41, 5.74) is 0. The fraction of sp³-hybridized carbons (Fsp3) is 1.00. The standard InChI is InChI=1S/C14H26F3N3O2S.ClH/c1-23(21,22)20(11-14(15,16)17)13-4-8-19(9-5-13)10-12-2-6-18-7-3-12;/h12-13,18H,2-11H2,1H3;1H. The molecule has 2 aliphatic heterocycles. The van der Waals surface area contributed by atoms with Crippen molar-refractivity contribution in [1.29, 1.82) is 0 Å². The third-order valence-corrected chi connectivity index (χ3v) is 5.98. The van der Waals surface area contributed by atoms with Gasteiger partial charge in [0.05, 0.1) is 6.26 Å². The minimum absolute atomic E-state index is 0. The topological polar surface area (TPSA) is 52.7 Å². The van der Waals surface area contributed by atoms with Gasteiger partial charge in [0.25, 0.3) is 0 Å². The van der Waals surface area contributed by atoms with Gasteiger partial charge in [-0.05, 0) is 57.8 Å². The van der Waals surface area contributed by atoms with Crippen molar-refractivity contribution < 1.29 is 21.6 Å². The Kier molecular flexibility index (Phi) is 8.25. The average molecular weight is 394 g/mol. The summed E-state index contributed by atoms with van der Waals surface area (Å²) in [6.07, 6.45) is -0.454. The lowest BCUT2D eigenvalue weighted by atomic mass is 9.96. The molecular weight excluding hydrogens is 367 g/mol. The van der Waals surface area contributed by atoms with E-state index < -0.39 is 28.8 Å². The third kappa shape index (κ3) is 7.03. The highest BCUT2D eigenvalue weighted by atomic mass is 35.5. The van der Waals surface area contributed by atoms with E-state index >= 15 is 0 Å². The molecule has 2 fully saturated rings. The van der Waals surface area contributed by atoms with Gasteiger partial charge >= 0.3 is 6.18 Å². The number of alkyl halides is 3. The lowest BCUT2D eigenvalue weighted by molar-refractivity contribution is -0.140. The fourth-order valence-electron chi connectivity index (χ4n) is 3.51. The summed E-state index contributed by atoms with van der Waals surface area (Å²) in [4.78, 5) is 2.26. The number of hydrogen-bond acceptors (Lipinski definition) is 4. The molecule has 0 aromatic rings. The van der Waals surface area contributed by atoms with Gasteiger partial charge in [-0.25, -0.2) is 8.42 Å². The zero-order valence-corrected chi connectivity index (χ0v) is 15.5. The second-order valence-corrected chi connectivity index (χ2v) is 8.58. The van der Waals surface area contributed by atoms with Crippen molar-refractivity contribution >= 4 is 22.4 Å². The minimum Gasteiger partial charge on any atom is -0.317 e. The van der Waals surface area contributed by atoms with Crippen LogP contribution in [0.4, 0.5) is 13.2 Å². The van der Waals surface area contributed by atoms with Gasteiger partial charge in [0.15, 0.2) is 0 Å². The molecule has 144 valence electrons. The van der Waals surface area contributed by atoms with Gasteiger partial charge in [0, 0.05) is 12.6 Å². The lowest BCUT2D eigenvalue weighted by Gasteiger charge is -2.39. The van der Waals surface area contributed by atoms with Gasteiger partial charge < -0.3 is 10.2 Å².